The van der Waals surface area contributed by atoms with E-state index in [2.05, 4.69) is 9.80 Å². The summed E-state index contributed by atoms with van der Waals surface area (Å²) in [6.45, 7) is 6.05. The van der Waals surface area contributed by atoms with Crippen LogP contribution < -0.4 is 4.90 Å². The maximum atomic E-state index is 13.3. The largest absolute Gasteiger partial charge is 0.369 e. The van der Waals surface area contributed by atoms with Crippen molar-refractivity contribution in [1.29, 1.82) is 0 Å². The third kappa shape index (κ3) is 4.52. The lowest BCUT2D eigenvalue weighted by Gasteiger charge is -2.44. The van der Waals surface area contributed by atoms with E-state index in [0.717, 1.165) is 51.3 Å². The summed E-state index contributed by atoms with van der Waals surface area (Å²) >= 11 is 0. The molecule has 5 rings (SSSR count). The average Bonchev–Trinajstić information content (AvgIpc) is 2.84. The van der Waals surface area contributed by atoms with E-state index in [1.807, 2.05) is 18.2 Å². The minimum absolute atomic E-state index is 0.185. The van der Waals surface area contributed by atoms with E-state index in [0.29, 0.717) is 25.3 Å². The number of hydrogen-bond acceptors (Lipinski definition) is 6. The highest BCUT2D eigenvalue weighted by molar-refractivity contribution is 7.89. The van der Waals surface area contributed by atoms with Gasteiger partial charge in [-0.3, -0.25) is 4.90 Å². The zero-order valence-corrected chi connectivity index (χ0v) is 19.5. The Bertz CT molecular complexity index is 1070. The van der Waals surface area contributed by atoms with Gasteiger partial charge in [0, 0.05) is 44.0 Å². The van der Waals surface area contributed by atoms with Crippen molar-refractivity contribution in [2.45, 2.75) is 23.5 Å². The normalized spacial score (nSPS) is 22.9. The molecule has 0 bridgehead atoms. The number of anilines is 1. The summed E-state index contributed by atoms with van der Waals surface area (Å²) in [6, 6.07) is 13.6. The van der Waals surface area contributed by atoms with Crippen LogP contribution in [0.3, 0.4) is 0 Å². The van der Waals surface area contributed by atoms with Gasteiger partial charge in [0.05, 0.1) is 24.7 Å². The molecule has 3 aliphatic rings. The highest BCUT2D eigenvalue weighted by Crippen LogP contribution is 2.41. The van der Waals surface area contributed by atoms with E-state index in [1.165, 1.54) is 16.4 Å². The van der Waals surface area contributed by atoms with Crippen molar-refractivity contribution in [3.8, 4) is 0 Å². The molecule has 0 atom stereocenters. The first-order valence-electron chi connectivity index (χ1n) is 11.6. The fourth-order valence-corrected chi connectivity index (χ4v) is 6.66. The molecular formula is C24H30FN3O4S. The molecule has 0 N–H and O–H groups in total. The molecular weight excluding hydrogens is 445 g/mol. The molecule has 2 aromatic carbocycles. The van der Waals surface area contributed by atoms with Crippen molar-refractivity contribution >= 4 is 15.7 Å². The first kappa shape index (κ1) is 22.7. The summed E-state index contributed by atoms with van der Waals surface area (Å²) in [5.74, 6) is -1.24. The van der Waals surface area contributed by atoms with Gasteiger partial charge in [0.2, 0.25) is 15.8 Å². The van der Waals surface area contributed by atoms with Crippen molar-refractivity contribution in [3.05, 3.63) is 59.9 Å². The van der Waals surface area contributed by atoms with Gasteiger partial charge in [-0.15, -0.1) is 0 Å². The maximum absolute atomic E-state index is 13.3. The number of fused-ring (bicyclic) bond motifs is 2. The van der Waals surface area contributed by atoms with Crippen LogP contribution in [0.1, 0.15) is 18.4 Å². The van der Waals surface area contributed by atoms with Gasteiger partial charge in [0.25, 0.3) is 0 Å². The van der Waals surface area contributed by atoms with Gasteiger partial charge < -0.3 is 14.4 Å². The molecule has 2 fully saturated rings. The SMILES string of the molecule is O=S1(=O)c2ccccc2C2(CN1CCCN1CCN(c3ccc(F)cc3)CC1)OCCCO2. The first-order chi connectivity index (χ1) is 16.0. The van der Waals surface area contributed by atoms with Gasteiger partial charge in [-0.1, -0.05) is 18.2 Å². The molecule has 3 heterocycles. The van der Waals surface area contributed by atoms with Crippen LogP contribution in [0.2, 0.25) is 0 Å². The minimum Gasteiger partial charge on any atom is -0.369 e. The Labute approximate surface area is 194 Å². The molecule has 7 nitrogen and oxygen atoms in total. The molecule has 2 aromatic rings. The van der Waals surface area contributed by atoms with E-state index >= 15 is 0 Å². The third-order valence-corrected chi connectivity index (χ3v) is 8.61. The molecule has 0 aliphatic carbocycles. The van der Waals surface area contributed by atoms with Crippen LogP contribution >= 0.6 is 0 Å². The lowest BCUT2D eigenvalue weighted by atomic mass is 10.0. The molecule has 178 valence electrons. The second kappa shape index (κ2) is 9.31. The number of benzene rings is 2. The molecule has 0 saturated carbocycles. The lowest BCUT2D eigenvalue weighted by molar-refractivity contribution is -0.282. The highest BCUT2D eigenvalue weighted by atomic mass is 32.2. The van der Waals surface area contributed by atoms with Gasteiger partial charge in [-0.25, -0.2) is 12.8 Å². The van der Waals surface area contributed by atoms with Gasteiger partial charge in [0.1, 0.15) is 5.82 Å². The molecule has 1 spiro atoms. The van der Waals surface area contributed by atoms with Crippen LogP contribution in [0.15, 0.2) is 53.4 Å². The predicted molar refractivity (Wildman–Crippen MR) is 123 cm³/mol. The predicted octanol–water partition coefficient (Wildman–Crippen LogP) is 2.63. The summed E-state index contributed by atoms with van der Waals surface area (Å²) < 4.78 is 53.4. The Balaban J connectivity index is 1.20. The quantitative estimate of drug-likeness (QED) is 0.663. The summed E-state index contributed by atoms with van der Waals surface area (Å²) in [4.78, 5) is 4.89. The molecule has 33 heavy (non-hydrogen) atoms. The van der Waals surface area contributed by atoms with Crippen LogP contribution in [0.25, 0.3) is 0 Å². The molecule has 0 amide bonds. The number of piperazine rings is 1. The van der Waals surface area contributed by atoms with Crippen molar-refractivity contribution < 1.29 is 22.3 Å². The maximum Gasteiger partial charge on any atom is 0.243 e. The number of rotatable bonds is 5. The number of hydrogen-bond donors (Lipinski definition) is 0. The van der Waals surface area contributed by atoms with Crippen LogP contribution in [-0.4, -0.2) is 76.6 Å². The van der Waals surface area contributed by atoms with E-state index in [4.69, 9.17) is 9.47 Å². The standard InChI is InChI=1S/C24H30FN3O4S/c25-20-7-9-21(10-8-20)27-15-13-26(14-16-27)11-3-12-28-19-24(31-17-4-18-32-24)22-5-1-2-6-23(22)33(28,29)30/h1-2,5-10H,3-4,11-19H2. The van der Waals surface area contributed by atoms with Crippen molar-refractivity contribution in [3.63, 3.8) is 0 Å². The summed E-state index contributed by atoms with van der Waals surface area (Å²) in [5, 5.41) is 0. The molecule has 2 saturated heterocycles. The second-order valence-electron chi connectivity index (χ2n) is 8.80. The zero-order chi connectivity index (χ0) is 22.9. The molecule has 3 aliphatic heterocycles. The Hall–Kier alpha value is -2.04. The topological polar surface area (TPSA) is 62.3 Å². The van der Waals surface area contributed by atoms with Crippen molar-refractivity contribution in [1.82, 2.24) is 9.21 Å². The Morgan fingerprint density at radius 3 is 2.33 bits per heavy atom. The van der Waals surface area contributed by atoms with E-state index in [1.54, 1.807) is 18.2 Å². The fraction of sp³-hybridized carbons (Fsp3) is 0.500. The summed E-state index contributed by atoms with van der Waals surface area (Å²) in [7, 11) is -3.59. The van der Waals surface area contributed by atoms with Gasteiger partial charge >= 0.3 is 0 Å². The van der Waals surface area contributed by atoms with E-state index in [-0.39, 0.29) is 17.3 Å². The smallest absolute Gasteiger partial charge is 0.243 e. The third-order valence-electron chi connectivity index (χ3n) is 6.70. The first-order valence-corrected chi connectivity index (χ1v) is 13.0. The van der Waals surface area contributed by atoms with Gasteiger partial charge in [-0.2, -0.15) is 4.31 Å². The van der Waals surface area contributed by atoms with E-state index < -0.39 is 15.8 Å². The summed E-state index contributed by atoms with van der Waals surface area (Å²) in [6.07, 6.45) is 1.54. The molecule has 0 unspecified atom stereocenters. The fourth-order valence-electron chi connectivity index (χ4n) is 4.92. The van der Waals surface area contributed by atoms with Crippen molar-refractivity contribution in [2.75, 3.05) is 63.9 Å². The Kier molecular flexibility index (Phi) is 6.41. The van der Waals surface area contributed by atoms with Gasteiger partial charge in [-0.05, 0) is 49.7 Å². The highest BCUT2D eigenvalue weighted by Gasteiger charge is 2.49. The van der Waals surface area contributed by atoms with Crippen LogP contribution in [0, 0.1) is 5.82 Å². The Morgan fingerprint density at radius 2 is 1.61 bits per heavy atom. The Morgan fingerprint density at radius 1 is 0.909 bits per heavy atom. The zero-order valence-electron chi connectivity index (χ0n) is 18.7. The second-order valence-corrected chi connectivity index (χ2v) is 10.7. The average molecular weight is 476 g/mol. The molecule has 0 radical (unpaired) electrons. The number of halogens is 1. The van der Waals surface area contributed by atoms with E-state index in [9.17, 15) is 12.8 Å². The van der Waals surface area contributed by atoms with Crippen LogP contribution in [0.4, 0.5) is 10.1 Å². The minimum atomic E-state index is -3.59. The van der Waals surface area contributed by atoms with Crippen molar-refractivity contribution in [2.24, 2.45) is 0 Å². The number of sulfonamides is 1. The summed E-state index contributed by atoms with van der Waals surface area (Å²) in [5.41, 5.74) is 1.64. The molecule has 9 heteroatoms. The number of ether oxygens (including phenoxy) is 2. The lowest BCUT2D eigenvalue weighted by Crippen LogP contribution is -2.54. The van der Waals surface area contributed by atoms with Crippen LogP contribution in [-0.2, 0) is 25.3 Å². The molecule has 0 aromatic heterocycles. The number of nitrogens with zero attached hydrogens (tertiary/aromatic N) is 3. The van der Waals surface area contributed by atoms with Gasteiger partial charge in [0.15, 0.2) is 0 Å². The monoisotopic (exact) mass is 475 g/mol. The van der Waals surface area contributed by atoms with Crippen LogP contribution in [0.5, 0.6) is 0 Å².